The Bertz CT molecular complexity index is 579. The fourth-order valence-corrected chi connectivity index (χ4v) is 3.29. The minimum Gasteiger partial charge on any atom is -0.357 e. The molecule has 1 fully saturated rings. The Labute approximate surface area is 175 Å². The molecule has 148 valence electrons. The summed E-state index contributed by atoms with van der Waals surface area (Å²) in [6.07, 6.45) is 2.44. The SMILES string of the molecule is CCCN1CCC(CN=C(NCC)NC(C)c2ccc(C)c(F)c2)C1.I. The fraction of sp³-hybridized carbons (Fsp3) is 0.650. The molecule has 0 amide bonds. The van der Waals surface area contributed by atoms with E-state index in [1.54, 1.807) is 13.0 Å². The van der Waals surface area contributed by atoms with Crippen molar-refractivity contribution in [3.63, 3.8) is 0 Å². The van der Waals surface area contributed by atoms with Gasteiger partial charge in [0.05, 0.1) is 6.04 Å². The van der Waals surface area contributed by atoms with Gasteiger partial charge >= 0.3 is 0 Å². The van der Waals surface area contributed by atoms with Gasteiger partial charge in [-0.1, -0.05) is 19.1 Å². The molecule has 1 saturated heterocycles. The second-order valence-corrected chi connectivity index (χ2v) is 7.05. The van der Waals surface area contributed by atoms with E-state index in [4.69, 9.17) is 4.99 Å². The van der Waals surface area contributed by atoms with E-state index in [-0.39, 0.29) is 35.8 Å². The number of benzene rings is 1. The van der Waals surface area contributed by atoms with Crippen LogP contribution < -0.4 is 10.6 Å². The Balaban J connectivity index is 0.00000338. The molecule has 1 heterocycles. The fourth-order valence-electron chi connectivity index (χ4n) is 3.29. The lowest BCUT2D eigenvalue weighted by atomic mass is 10.1. The van der Waals surface area contributed by atoms with Gasteiger partial charge in [-0.2, -0.15) is 0 Å². The van der Waals surface area contributed by atoms with E-state index in [2.05, 4.69) is 29.4 Å². The van der Waals surface area contributed by atoms with Crippen molar-refractivity contribution in [2.75, 3.05) is 32.7 Å². The van der Waals surface area contributed by atoms with Gasteiger partial charge in [0.2, 0.25) is 0 Å². The average molecular weight is 476 g/mol. The van der Waals surface area contributed by atoms with Gasteiger partial charge in [0, 0.05) is 19.6 Å². The molecule has 1 aliphatic heterocycles. The van der Waals surface area contributed by atoms with Crippen LogP contribution in [0.3, 0.4) is 0 Å². The number of rotatable bonds is 7. The van der Waals surface area contributed by atoms with Crippen molar-refractivity contribution in [3.8, 4) is 0 Å². The van der Waals surface area contributed by atoms with Gasteiger partial charge in [-0.25, -0.2) is 4.39 Å². The molecule has 1 aromatic carbocycles. The maximum atomic E-state index is 13.8. The number of likely N-dealkylation sites (tertiary alicyclic amines) is 1. The summed E-state index contributed by atoms with van der Waals surface area (Å²) in [5, 5.41) is 6.70. The van der Waals surface area contributed by atoms with E-state index in [1.807, 2.05) is 19.1 Å². The topological polar surface area (TPSA) is 39.7 Å². The number of nitrogens with zero attached hydrogens (tertiary/aromatic N) is 2. The van der Waals surface area contributed by atoms with Gasteiger partial charge in [0.25, 0.3) is 0 Å². The van der Waals surface area contributed by atoms with Crippen LogP contribution >= 0.6 is 24.0 Å². The molecule has 4 nitrogen and oxygen atoms in total. The van der Waals surface area contributed by atoms with Crippen LogP contribution in [0.25, 0.3) is 0 Å². The highest BCUT2D eigenvalue weighted by atomic mass is 127. The van der Waals surface area contributed by atoms with E-state index in [9.17, 15) is 4.39 Å². The van der Waals surface area contributed by atoms with Crippen LogP contribution in [0.4, 0.5) is 4.39 Å². The summed E-state index contributed by atoms with van der Waals surface area (Å²) >= 11 is 0. The monoisotopic (exact) mass is 476 g/mol. The number of aryl methyl sites for hydroxylation is 1. The zero-order chi connectivity index (χ0) is 18.2. The van der Waals surface area contributed by atoms with Crippen molar-refractivity contribution < 1.29 is 4.39 Å². The number of aliphatic imine (C=N–C) groups is 1. The lowest BCUT2D eigenvalue weighted by molar-refractivity contribution is 0.326. The largest absolute Gasteiger partial charge is 0.357 e. The van der Waals surface area contributed by atoms with E-state index < -0.39 is 0 Å². The van der Waals surface area contributed by atoms with E-state index in [0.717, 1.165) is 31.2 Å². The molecule has 2 N–H and O–H groups in total. The zero-order valence-electron chi connectivity index (χ0n) is 16.5. The molecule has 2 rings (SSSR count). The Hall–Kier alpha value is -0.890. The van der Waals surface area contributed by atoms with Crippen molar-refractivity contribution in [2.45, 2.75) is 46.6 Å². The molecule has 1 aromatic rings. The number of guanidine groups is 1. The Morgan fingerprint density at radius 3 is 2.81 bits per heavy atom. The number of nitrogens with one attached hydrogen (secondary N) is 2. The first-order valence-corrected chi connectivity index (χ1v) is 9.56. The predicted octanol–water partition coefficient (Wildman–Crippen LogP) is 4.10. The Morgan fingerprint density at radius 1 is 1.38 bits per heavy atom. The first-order valence-electron chi connectivity index (χ1n) is 9.56. The molecule has 2 atom stereocenters. The second-order valence-electron chi connectivity index (χ2n) is 7.05. The van der Waals surface area contributed by atoms with Gasteiger partial charge in [-0.15, -0.1) is 24.0 Å². The molecular formula is C20H34FIN4. The Kier molecular flexibility index (Phi) is 10.5. The van der Waals surface area contributed by atoms with Gasteiger partial charge in [0.15, 0.2) is 5.96 Å². The van der Waals surface area contributed by atoms with Crippen LogP contribution in [0.15, 0.2) is 23.2 Å². The predicted molar refractivity (Wildman–Crippen MR) is 119 cm³/mol. The maximum absolute atomic E-state index is 13.8. The number of hydrogen-bond acceptors (Lipinski definition) is 2. The average Bonchev–Trinajstić information content (AvgIpc) is 3.03. The molecular weight excluding hydrogens is 442 g/mol. The molecule has 0 radical (unpaired) electrons. The molecule has 6 heteroatoms. The van der Waals surface area contributed by atoms with Crippen LogP contribution in [0.1, 0.15) is 50.8 Å². The third-order valence-corrected chi connectivity index (χ3v) is 4.81. The third kappa shape index (κ3) is 7.02. The molecule has 0 aliphatic carbocycles. The summed E-state index contributed by atoms with van der Waals surface area (Å²) in [6, 6.07) is 5.41. The first-order chi connectivity index (χ1) is 12.0. The molecule has 2 unspecified atom stereocenters. The zero-order valence-corrected chi connectivity index (χ0v) is 18.8. The maximum Gasteiger partial charge on any atom is 0.191 e. The van der Waals surface area contributed by atoms with Crippen LogP contribution in [-0.4, -0.2) is 43.6 Å². The first kappa shape index (κ1) is 23.1. The lowest BCUT2D eigenvalue weighted by Crippen LogP contribution is -2.39. The number of hydrogen-bond donors (Lipinski definition) is 2. The minimum atomic E-state index is -0.157. The highest BCUT2D eigenvalue weighted by molar-refractivity contribution is 14.0. The Morgan fingerprint density at radius 2 is 2.15 bits per heavy atom. The van der Waals surface area contributed by atoms with E-state index in [0.29, 0.717) is 11.5 Å². The second kappa shape index (κ2) is 11.7. The molecule has 0 aromatic heterocycles. The van der Waals surface area contributed by atoms with Crippen molar-refractivity contribution in [2.24, 2.45) is 10.9 Å². The quantitative estimate of drug-likeness (QED) is 0.354. The molecule has 0 saturated carbocycles. The summed E-state index contributed by atoms with van der Waals surface area (Å²) < 4.78 is 13.8. The summed E-state index contributed by atoms with van der Waals surface area (Å²) in [7, 11) is 0. The molecule has 26 heavy (non-hydrogen) atoms. The van der Waals surface area contributed by atoms with E-state index >= 15 is 0 Å². The summed E-state index contributed by atoms with van der Waals surface area (Å²) in [4.78, 5) is 7.30. The van der Waals surface area contributed by atoms with E-state index in [1.165, 1.54) is 25.9 Å². The number of halogens is 2. The molecule has 0 bridgehead atoms. The van der Waals surface area contributed by atoms with Crippen molar-refractivity contribution in [3.05, 3.63) is 35.1 Å². The molecule has 0 spiro atoms. The van der Waals surface area contributed by atoms with Gasteiger partial charge < -0.3 is 15.5 Å². The van der Waals surface area contributed by atoms with Crippen LogP contribution in [0.2, 0.25) is 0 Å². The lowest BCUT2D eigenvalue weighted by Gasteiger charge is -2.19. The van der Waals surface area contributed by atoms with Crippen molar-refractivity contribution in [1.29, 1.82) is 0 Å². The van der Waals surface area contributed by atoms with Gasteiger partial charge in [-0.05, 0) is 69.8 Å². The van der Waals surface area contributed by atoms with Gasteiger partial charge in [0.1, 0.15) is 5.82 Å². The van der Waals surface area contributed by atoms with Crippen molar-refractivity contribution >= 4 is 29.9 Å². The highest BCUT2D eigenvalue weighted by Gasteiger charge is 2.21. The van der Waals surface area contributed by atoms with Crippen molar-refractivity contribution in [1.82, 2.24) is 15.5 Å². The van der Waals surface area contributed by atoms with Gasteiger partial charge in [-0.3, -0.25) is 4.99 Å². The van der Waals surface area contributed by atoms with Crippen LogP contribution in [0.5, 0.6) is 0 Å². The summed E-state index contributed by atoms with van der Waals surface area (Å²) in [5.74, 6) is 1.29. The molecule has 1 aliphatic rings. The third-order valence-electron chi connectivity index (χ3n) is 4.81. The minimum absolute atomic E-state index is 0. The smallest absolute Gasteiger partial charge is 0.191 e. The standard InChI is InChI=1S/C20H33FN4.HI/c1-5-10-25-11-9-17(14-25)13-23-20(22-6-2)24-16(4)18-8-7-15(3)19(21)12-18;/h7-8,12,16-17H,5-6,9-11,13-14H2,1-4H3,(H2,22,23,24);1H. The summed E-state index contributed by atoms with van der Waals surface area (Å²) in [6.45, 7) is 13.3. The highest BCUT2D eigenvalue weighted by Crippen LogP contribution is 2.18. The van der Waals surface area contributed by atoms with Crippen LogP contribution in [0, 0.1) is 18.7 Å². The normalized spacial score (nSPS) is 19.1. The van der Waals surface area contributed by atoms with Crippen LogP contribution in [-0.2, 0) is 0 Å². The summed E-state index contributed by atoms with van der Waals surface area (Å²) in [5.41, 5.74) is 1.61.